The fourth-order valence-electron chi connectivity index (χ4n) is 4.65. The molecule has 3 rings (SSSR count). The zero-order chi connectivity index (χ0) is 30.4. The second-order valence-electron chi connectivity index (χ2n) is 12.2. The zero-order valence-corrected chi connectivity index (χ0v) is 27.7. The maximum absolute atomic E-state index is 13.6. The quantitative estimate of drug-likeness (QED) is 0.107. The van der Waals surface area contributed by atoms with Crippen LogP contribution in [-0.4, -0.2) is 40.7 Å². The van der Waals surface area contributed by atoms with Crippen molar-refractivity contribution in [2.75, 3.05) is 20.8 Å². The molecule has 0 radical (unpaired) electrons. The lowest BCUT2D eigenvalue weighted by molar-refractivity contribution is -0.154. The molecule has 3 aromatic rings. The molecule has 0 saturated carbocycles. The molecule has 0 saturated heterocycles. The van der Waals surface area contributed by atoms with Gasteiger partial charge in [0.15, 0.2) is 5.78 Å². The summed E-state index contributed by atoms with van der Waals surface area (Å²) >= 11 is 1.38. The van der Waals surface area contributed by atoms with Crippen molar-refractivity contribution in [3.05, 3.63) is 80.5 Å². The minimum absolute atomic E-state index is 0.0658. The molecule has 1 unspecified atom stereocenters. The van der Waals surface area contributed by atoms with Crippen LogP contribution in [0, 0.1) is 12.3 Å². The number of thiophene rings is 1. The van der Waals surface area contributed by atoms with Crippen molar-refractivity contribution >= 4 is 31.2 Å². The lowest BCUT2D eigenvalue weighted by Crippen LogP contribution is -2.35. The van der Waals surface area contributed by atoms with Gasteiger partial charge in [0, 0.05) is 25.8 Å². The van der Waals surface area contributed by atoms with E-state index in [-0.39, 0.29) is 17.7 Å². The molecule has 2 aromatic carbocycles. The summed E-state index contributed by atoms with van der Waals surface area (Å²) in [5.41, 5.74) is 3.26. The Bertz CT molecular complexity index is 1340. The van der Waals surface area contributed by atoms with Gasteiger partial charge in [0.2, 0.25) is 0 Å². The number of hydrogen-bond acceptors (Lipinski definition) is 7. The topological polar surface area (TPSA) is 71.1 Å². The summed E-state index contributed by atoms with van der Waals surface area (Å²) in [6, 6.07) is 16.9. The summed E-state index contributed by atoms with van der Waals surface area (Å²) in [5, 5.41) is 0. The summed E-state index contributed by atoms with van der Waals surface area (Å²) in [7, 11) is 1.85. The van der Waals surface area contributed by atoms with Gasteiger partial charge in [0.05, 0.1) is 39.5 Å². The second-order valence-corrected chi connectivity index (χ2v) is 18.9. The molecular formula is C33H44O6SSi. The molecule has 0 amide bonds. The Hall–Kier alpha value is -2.94. The van der Waals surface area contributed by atoms with Gasteiger partial charge in [0.25, 0.3) is 0 Å². The van der Waals surface area contributed by atoms with Gasteiger partial charge < -0.3 is 18.9 Å². The molecule has 0 bridgehead atoms. The Balaban J connectivity index is 1.95. The molecule has 0 aliphatic rings. The van der Waals surface area contributed by atoms with Crippen molar-refractivity contribution in [3.63, 3.8) is 0 Å². The lowest BCUT2D eigenvalue weighted by atomic mass is 9.73. The number of hydrogen-bond donors (Lipinski definition) is 0. The van der Waals surface area contributed by atoms with E-state index in [1.165, 1.54) is 18.3 Å². The van der Waals surface area contributed by atoms with E-state index in [4.69, 9.17) is 18.9 Å². The molecule has 1 heterocycles. The smallest absolute Gasteiger partial charge is 0.312 e. The molecule has 0 aliphatic carbocycles. The normalized spacial score (nSPS) is 12.6. The number of benzene rings is 2. The summed E-state index contributed by atoms with van der Waals surface area (Å²) in [6.07, 6.45) is 0. The zero-order valence-electron chi connectivity index (χ0n) is 25.9. The third-order valence-electron chi connectivity index (χ3n) is 7.27. The van der Waals surface area contributed by atoms with Crippen LogP contribution in [0.2, 0.25) is 25.7 Å². The standard InChI is InChI=1S/C33H44O6SSi/c1-22-10-13-25(18-26(22)21-38-20-24-11-14-27(36-5)15-12-24)30(29-19-28(37-6)31(40-29)23(2)34)33(3,4)32(35)39-16-17-41(7,8)9/h10-15,18-19,30H,16-17,20-21H2,1-9H3. The number of rotatable bonds is 14. The Kier molecular flexibility index (Phi) is 11.0. The number of ketones is 1. The molecular weight excluding hydrogens is 553 g/mol. The van der Waals surface area contributed by atoms with E-state index in [2.05, 4.69) is 44.8 Å². The molecule has 0 fully saturated rings. The van der Waals surface area contributed by atoms with Gasteiger partial charge in [-0.05, 0) is 67.3 Å². The van der Waals surface area contributed by atoms with Crippen LogP contribution < -0.4 is 9.47 Å². The largest absolute Gasteiger partial charge is 0.497 e. The number of aryl methyl sites for hydroxylation is 1. The Morgan fingerprint density at radius 3 is 2.20 bits per heavy atom. The highest BCUT2D eigenvalue weighted by Crippen LogP contribution is 2.47. The maximum Gasteiger partial charge on any atom is 0.312 e. The highest BCUT2D eigenvalue weighted by Gasteiger charge is 2.42. The first kappa shape index (κ1) is 32.6. The van der Waals surface area contributed by atoms with Crippen LogP contribution in [0.4, 0.5) is 0 Å². The van der Waals surface area contributed by atoms with E-state index in [1.807, 2.05) is 44.2 Å². The van der Waals surface area contributed by atoms with Crippen LogP contribution in [0.1, 0.15) is 63.5 Å². The van der Waals surface area contributed by atoms with Crippen LogP contribution in [0.15, 0.2) is 48.5 Å². The third-order valence-corrected chi connectivity index (χ3v) is 10.3. The summed E-state index contributed by atoms with van der Waals surface area (Å²) in [6.45, 7) is 15.5. The van der Waals surface area contributed by atoms with Crippen molar-refractivity contribution in [1.29, 1.82) is 0 Å². The monoisotopic (exact) mass is 596 g/mol. The predicted octanol–water partition coefficient (Wildman–Crippen LogP) is 8.03. The van der Waals surface area contributed by atoms with E-state index in [9.17, 15) is 9.59 Å². The van der Waals surface area contributed by atoms with Gasteiger partial charge in [-0.1, -0.05) is 50.0 Å². The fourth-order valence-corrected chi connectivity index (χ4v) is 6.70. The van der Waals surface area contributed by atoms with E-state index >= 15 is 0 Å². The lowest BCUT2D eigenvalue weighted by Gasteiger charge is -2.33. The summed E-state index contributed by atoms with van der Waals surface area (Å²) < 4.78 is 22.8. The number of Topliss-reactive ketones (excluding diaryl/α,β-unsaturated/α-hetero) is 1. The van der Waals surface area contributed by atoms with Gasteiger partial charge >= 0.3 is 5.97 Å². The number of ether oxygens (including phenoxy) is 4. The van der Waals surface area contributed by atoms with Crippen molar-refractivity contribution in [2.24, 2.45) is 5.41 Å². The van der Waals surface area contributed by atoms with E-state index in [1.54, 1.807) is 14.2 Å². The van der Waals surface area contributed by atoms with Crippen molar-refractivity contribution in [2.45, 2.75) is 72.5 Å². The fraction of sp³-hybridized carbons (Fsp3) is 0.455. The van der Waals surface area contributed by atoms with Gasteiger partial charge in [-0.2, -0.15) is 0 Å². The minimum atomic E-state index is -1.37. The van der Waals surface area contributed by atoms with Crippen molar-refractivity contribution < 1.29 is 28.5 Å². The minimum Gasteiger partial charge on any atom is -0.497 e. The first-order valence-electron chi connectivity index (χ1n) is 13.9. The Morgan fingerprint density at radius 2 is 1.63 bits per heavy atom. The van der Waals surface area contributed by atoms with Gasteiger partial charge in [-0.25, -0.2) is 0 Å². The van der Waals surface area contributed by atoms with Crippen LogP contribution in [0.25, 0.3) is 0 Å². The van der Waals surface area contributed by atoms with Gasteiger partial charge in [0.1, 0.15) is 16.4 Å². The molecule has 6 nitrogen and oxygen atoms in total. The van der Waals surface area contributed by atoms with Crippen molar-refractivity contribution in [1.82, 2.24) is 0 Å². The Labute approximate surface area is 250 Å². The number of carbonyl (C=O) groups is 2. The summed E-state index contributed by atoms with van der Waals surface area (Å²) in [4.78, 5) is 27.5. The summed E-state index contributed by atoms with van der Waals surface area (Å²) in [5.74, 6) is 0.665. The third kappa shape index (κ3) is 8.53. The first-order valence-corrected chi connectivity index (χ1v) is 18.4. The van der Waals surface area contributed by atoms with Crippen molar-refractivity contribution in [3.8, 4) is 11.5 Å². The molecule has 41 heavy (non-hydrogen) atoms. The van der Waals surface area contributed by atoms with Crippen LogP contribution in [0.3, 0.4) is 0 Å². The van der Waals surface area contributed by atoms with Gasteiger partial charge in [-0.15, -0.1) is 11.3 Å². The molecule has 0 spiro atoms. The van der Waals surface area contributed by atoms with E-state index in [0.29, 0.717) is 30.4 Å². The number of esters is 1. The van der Waals surface area contributed by atoms with Crippen LogP contribution >= 0.6 is 11.3 Å². The highest BCUT2D eigenvalue weighted by atomic mass is 32.1. The van der Waals surface area contributed by atoms with E-state index < -0.39 is 13.5 Å². The van der Waals surface area contributed by atoms with Crippen LogP contribution in [0.5, 0.6) is 11.5 Å². The average molecular weight is 597 g/mol. The number of methoxy groups -OCH3 is 2. The Morgan fingerprint density at radius 1 is 0.951 bits per heavy atom. The maximum atomic E-state index is 13.6. The number of carbonyl (C=O) groups excluding carboxylic acids is 2. The molecule has 0 N–H and O–H groups in total. The second kappa shape index (κ2) is 13.8. The molecule has 1 atom stereocenters. The van der Waals surface area contributed by atoms with E-state index in [0.717, 1.165) is 38.9 Å². The molecule has 1 aromatic heterocycles. The predicted molar refractivity (Wildman–Crippen MR) is 168 cm³/mol. The SMILES string of the molecule is COc1ccc(COCc2cc(C(c3cc(OC)c(C(C)=O)s3)C(C)(C)C(=O)OCC[Si](C)(C)C)ccc2C)cc1. The highest BCUT2D eigenvalue weighted by molar-refractivity contribution is 7.14. The molecule has 222 valence electrons. The van der Waals surface area contributed by atoms with Crippen LogP contribution in [-0.2, 0) is 27.5 Å². The first-order chi connectivity index (χ1) is 19.3. The van der Waals surface area contributed by atoms with Gasteiger partial charge in [-0.3, -0.25) is 9.59 Å². The molecule has 0 aliphatic heterocycles. The molecule has 8 heteroatoms. The average Bonchev–Trinajstić information content (AvgIpc) is 3.34.